The summed E-state index contributed by atoms with van der Waals surface area (Å²) in [4.78, 5) is 36.8. The number of primary amides is 1. The number of rotatable bonds is 5. The zero-order valence-electron chi connectivity index (χ0n) is 20.0. The average molecular weight is 490 g/mol. The SMILES string of the molecule is CC1(C)CN(c2cnc(C#N)cn2)CCC1Nc1c(C(N)=O)cnn2cc(N3CCC(O)C3=O)cc12. The highest BCUT2D eigenvalue weighted by molar-refractivity contribution is 6.03. The number of aliphatic hydroxyl groups excluding tert-OH is 1. The highest BCUT2D eigenvalue weighted by atomic mass is 16.3. The molecule has 2 aliphatic rings. The van der Waals surface area contributed by atoms with Crippen LogP contribution in [-0.2, 0) is 4.79 Å². The van der Waals surface area contributed by atoms with Crippen LogP contribution in [0, 0.1) is 16.7 Å². The van der Waals surface area contributed by atoms with Crippen molar-refractivity contribution in [1.29, 1.82) is 5.26 Å². The summed E-state index contributed by atoms with van der Waals surface area (Å²) in [6.45, 7) is 6.03. The number of amides is 2. The zero-order valence-corrected chi connectivity index (χ0v) is 20.0. The summed E-state index contributed by atoms with van der Waals surface area (Å²) in [5, 5.41) is 26.7. The predicted octanol–water partition coefficient (Wildman–Crippen LogP) is 0.909. The van der Waals surface area contributed by atoms with Crippen LogP contribution in [0.15, 0.2) is 30.9 Å². The van der Waals surface area contributed by atoms with Crippen molar-refractivity contribution in [3.63, 3.8) is 0 Å². The number of hydrogen-bond acceptors (Lipinski definition) is 9. The molecular formula is C24H27N9O3. The fraction of sp³-hybridized carbons (Fsp3) is 0.417. The van der Waals surface area contributed by atoms with Crippen LogP contribution in [0.4, 0.5) is 17.2 Å². The van der Waals surface area contributed by atoms with Crippen molar-refractivity contribution in [3.05, 3.63) is 42.1 Å². The van der Waals surface area contributed by atoms with Gasteiger partial charge in [0.25, 0.3) is 11.8 Å². The molecule has 0 radical (unpaired) electrons. The summed E-state index contributed by atoms with van der Waals surface area (Å²) >= 11 is 0. The first-order chi connectivity index (χ1) is 17.2. The van der Waals surface area contributed by atoms with Gasteiger partial charge in [0.2, 0.25) is 0 Å². The molecule has 0 bridgehead atoms. The molecule has 2 aliphatic heterocycles. The lowest BCUT2D eigenvalue weighted by molar-refractivity contribution is -0.123. The number of carbonyl (C=O) groups is 2. The summed E-state index contributed by atoms with van der Waals surface area (Å²) < 4.78 is 1.61. The average Bonchev–Trinajstić information content (AvgIpc) is 3.43. The standard InChI is InChI=1S/C24H27N9O3/c1-24(2)13-31(20-11-27-14(8-25)9-28-20)5-4-19(24)30-21-16(22(26)35)10-29-33-12-15(7-17(21)33)32-6-3-18(34)23(32)36/h7,9-12,18-19,30,34H,3-6,13H2,1-2H3,(H2,26,35). The van der Waals surface area contributed by atoms with Gasteiger partial charge in [-0.05, 0) is 12.5 Å². The number of carbonyl (C=O) groups excluding carboxylic acids is 2. The van der Waals surface area contributed by atoms with E-state index >= 15 is 0 Å². The smallest absolute Gasteiger partial charge is 0.255 e. The quantitative estimate of drug-likeness (QED) is 0.472. The second kappa shape index (κ2) is 8.76. The summed E-state index contributed by atoms with van der Waals surface area (Å²) in [5.74, 6) is -0.251. The van der Waals surface area contributed by atoms with Gasteiger partial charge in [0.15, 0.2) is 5.69 Å². The number of aromatic nitrogens is 4. The largest absolute Gasteiger partial charge is 0.383 e. The van der Waals surface area contributed by atoms with Crippen LogP contribution in [0.25, 0.3) is 5.52 Å². The number of fused-ring (bicyclic) bond motifs is 1. The summed E-state index contributed by atoms with van der Waals surface area (Å²) in [6, 6.07) is 3.75. The van der Waals surface area contributed by atoms with E-state index in [2.05, 4.69) is 39.1 Å². The van der Waals surface area contributed by atoms with E-state index in [-0.39, 0.29) is 28.6 Å². The van der Waals surface area contributed by atoms with Gasteiger partial charge in [0.1, 0.15) is 18.0 Å². The Hall–Kier alpha value is -4.24. The van der Waals surface area contributed by atoms with E-state index in [1.165, 1.54) is 17.3 Å². The Balaban J connectivity index is 1.44. The molecule has 2 saturated heterocycles. The molecule has 3 aromatic rings. The van der Waals surface area contributed by atoms with Gasteiger partial charge in [-0.25, -0.2) is 14.5 Å². The van der Waals surface area contributed by atoms with Gasteiger partial charge in [0, 0.05) is 37.5 Å². The van der Waals surface area contributed by atoms with Crippen molar-refractivity contribution in [3.8, 4) is 6.07 Å². The molecule has 0 aromatic carbocycles. The molecule has 5 heterocycles. The molecule has 12 nitrogen and oxygen atoms in total. The second-order valence-corrected chi connectivity index (χ2v) is 9.89. The third-order valence-corrected chi connectivity index (χ3v) is 7.00. The van der Waals surface area contributed by atoms with E-state index in [4.69, 9.17) is 11.0 Å². The highest BCUT2D eigenvalue weighted by Gasteiger charge is 2.38. The predicted molar refractivity (Wildman–Crippen MR) is 131 cm³/mol. The molecule has 36 heavy (non-hydrogen) atoms. The third-order valence-electron chi connectivity index (χ3n) is 7.00. The Bertz CT molecular complexity index is 1380. The molecule has 2 amide bonds. The molecule has 0 saturated carbocycles. The molecule has 4 N–H and O–H groups in total. The molecule has 0 spiro atoms. The van der Waals surface area contributed by atoms with Gasteiger partial charge in [-0.3, -0.25) is 9.59 Å². The van der Waals surface area contributed by atoms with Crippen LogP contribution in [-0.4, -0.2) is 68.3 Å². The number of nitrogens with zero attached hydrogens (tertiary/aromatic N) is 7. The summed E-state index contributed by atoms with van der Waals surface area (Å²) in [7, 11) is 0. The number of anilines is 3. The van der Waals surface area contributed by atoms with E-state index in [0.29, 0.717) is 48.8 Å². The van der Waals surface area contributed by atoms with Gasteiger partial charge in [-0.2, -0.15) is 10.4 Å². The van der Waals surface area contributed by atoms with Crippen molar-refractivity contribution in [2.45, 2.75) is 38.8 Å². The fourth-order valence-corrected chi connectivity index (χ4v) is 4.99. The lowest BCUT2D eigenvalue weighted by Gasteiger charge is -2.45. The van der Waals surface area contributed by atoms with Crippen LogP contribution < -0.4 is 20.9 Å². The number of nitrogens with two attached hydrogens (primary N) is 1. The fourth-order valence-electron chi connectivity index (χ4n) is 4.99. The van der Waals surface area contributed by atoms with Gasteiger partial charge >= 0.3 is 0 Å². The van der Waals surface area contributed by atoms with Gasteiger partial charge in [0.05, 0.1) is 47.2 Å². The van der Waals surface area contributed by atoms with Crippen LogP contribution in [0.5, 0.6) is 0 Å². The molecule has 0 aliphatic carbocycles. The van der Waals surface area contributed by atoms with Crippen LogP contribution >= 0.6 is 0 Å². The zero-order chi connectivity index (χ0) is 25.6. The van der Waals surface area contributed by atoms with E-state index < -0.39 is 12.0 Å². The monoisotopic (exact) mass is 489 g/mol. The molecule has 12 heteroatoms. The Morgan fingerprint density at radius 2 is 2.06 bits per heavy atom. The molecule has 5 rings (SSSR count). The topological polar surface area (TPSA) is 166 Å². The summed E-state index contributed by atoms with van der Waals surface area (Å²) in [6.07, 6.45) is 6.31. The summed E-state index contributed by atoms with van der Waals surface area (Å²) in [5.41, 5.74) is 7.76. The Morgan fingerprint density at radius 1 is 1.25 bits per heavy atom. The minimum atomic E-state index is -1.01. The maximum absolute atomic E-state index is 12.4. The number of piperidine rings is 1. The number of hydrogen-bond donors (Lipinski definition) is 3. The maximum Gasteiger partial charge on any atom is 0.255 e. The number of aliphatic hydroxyl groups is 1. The van der Waals surface area contributed by atoms with Crippen molar-refractivity contribution in [2.75, 3.05) is 34.8 Å². The maximum atomic E-state index is 12.4. The second-order valence-electron chi connectivity index (χ2n) is 9.89. The van der Waals surface area contributed by atoms with E-state index in [9.17, 15) is 14.7 Å². The number of nitriles is 1. The highest BCUT2D eigenvalue weighted by Crippen LogP contribution is 2.36. The van der Waals surface area contributed by atoms with E-state index in [0.717, 1.165) is 6.42 Å². The van der Waals surface area contributed by atoms with Crippen LogP contribution in [0.1, 0.15) is 42.7 Å². The van der Waals surface area contributed by atoms with Crippen molar-refractivity contribution in [1.82, 2.24) is 19.6 Å². The first-order valence-electron chi connectivity index (χ1n) is 11.7. The van der Waals surface area contributed by atoms with Crippen LogP contribution in [0.2, 0.25) is 0 Å². The van der Waals surface area contributed by atoms with Gasteiger partial charge in [-0.15, -0.1) is 0 Å². The Morgan fingerprint density at radius 3 is 2.67 bits per heavy atom. The molecular weight excluding hydrogens is 462 g/mol. The molecule has 2 atom stereocenters. The molecule has 3 aromatic heterocycles. The first-order valence-corrected chi connectivity index (χ1v) is 11.7. The third kappa shape index (κ3) is 4.07. The lowest BCUT2D eigenvalue weighted by Crippen LogP contribution is -2.52. The van der Waals surface area contributed by atoms with Crippen molar-refractivity contribution in [2.24, 2.45) is 11.1 Å². The lowest BCUT2D eigenvalue weighted by atomic mass is 9.79. The van der Waals surface area contributed by atoms with Crippen molar-refractivity contribution < 1.29 is 14.7 Å². The van der Waals surface area contributed by atoms with Gasteiger partial charge < -0.3 is 26.0 Å². The first kappa shape index (κ1) is 23.5. The van der Waals surface area contributed by atoms with E-state index in [1.807, 2.05) is 6.07 Å². The molecule has 2 unspecified atom stereocenters. The Labute approximate surface area is 207 Å². The van der Waals surface area contributed by atoms with Crippen molar-refractivity contribution >= 4 is 34.5 Å². The van der Waals surface area contributed by atoms with E-state index in [1.54, 1.807) is 23.0 Å². The van der Waals surface area contributed by atoms with Gasteiger partial charge in [-0.1, -0.05) is 13.8 Å². The minimum Gasteiger partial charge on any atom is -0.383 e. The molecule has 186 valence electrons. The minimum absolute atomic E-state index is 0.0158. The number of nitrogens with one attached hydrogen (secondary N) is 1. The Kier molecular flexibility index (Phi) is 5.72. The molecule has 2 fully saturated rings. The van der Waals surface area contributed by atoms with Crippen LogP contribution in [0.3, 0.4) is 0 Å². The normalized spacial score (nSPS) is 21.6.